The van der Waals surface area contributed by atoms with E-state index in [9.17, 15) is 0 Å². The van der Waals surface area contributed by atoms with Gasteiger partial charge in [0, 0.05) is 12.1 Å². The number of benzene rings is 1. The third-order valence-electron chi connectivity index (χ3n) is 5.49. The standard InChI is InChI=1S/C20H31N/c1-3-4-16-7-13-19(14-8-16)21-20(18-11-12-18)17-9-5-15(2)6-10-17/h5-6,9-10,16,18-21H,3-4,7-8,11-14H2,1-2H3. The minimum absolute atomic E-state index is 0.610. The van der Waals surface area contributed by atoms with Crippen molar-refractivity contribution in [2.45, 2.75) is 77.3 Å². The van der Waals surface area contributed by atoms with Crippen molar-refractivity contribution >= 4 is 0 Å². The van der Waals surface area contributed by atoms with Crippen molar-refractivity contribution in [1.82, 2.24) is 5.32 Å². The third-order valence-corrected chi connectivity index (χ3v) is 5.49. The highest BCUT2D eigenvalue weighted by Gasteiger charge is 2.34. The summed E-state index contributed by atoms with van der Waals surface area (Å²) in [6, 6.07) is 10.6. The molecule has 2 aliphatic rings. The molecule has 116 valence electrons. The molecule has 2 aliphatic carbocycles. The van der Waals surface area contributed by atoms with Gasteiger partial charge in [-0.2, -0.15) is 0 Å². The maximum Gasteiger partial charge on any atom is 0.0351 e. The van der Waals surface area contributed by atoms with E-state index in [0.717, 1.165) is 17.9 Å². The van der Waals surface area contributed by atoms with E-state index in [1.807, 2.05) is 0 Å². The number of rotatable bonds is 6. The van der Waals surface area contributed by atoms with Crippen LogP contribution in [-0.2, 0) is 0 Å². The van der Waals surface area contributed by atoms with Gasteiger partial charge in [-0.1, -0.05) is 49.6 Å². The van der Waals surface area contributed by atoms with Gasteiger partial charge in [0.2, 0.25) is 0 Å². The van der Waals surface area contributed by atoms with Crippen LogP contribution >= 0.6 is 0 Å². The van der Waals surface area contributed by atoms with Gasteiger partial charge in [0.25, 0.3) is 0 Å². The summed E-state index contributed by atoms with van der Waals surface area (Å²) < 4.78 is 0. The average Bonchev–Trinajstić information content (AvgIpc) is 3.33. The Morgan fingerprint density at radius 2 is 1.67 bits per heavy atom. The molecule has 1 atom stereocenters. The Morgan fingerprint density at radius 1 is 1.00 bits per heavy atom. The lowest BCUT2D eigenvalue weighted by Gasteiger charge is -2.32. The second-order valence-electron chi connectivity index (χ2n) is 7.40. The molecule has 0 aliphatic heterocycles. The van der Waals surface area contributed by atoms with Gasteiger partial charge in [-0.15, -0.1) is 0 Å². The number of nitrogens with one attached hydrogen (secondary N) is 1. The molecular weight excluding hydrogens is 254 g/mol. The fourth-order valence-corrected chi connectivity index (χ4v) is 3.99. The maximum atomic E-state index is 4.02. The smallest absolute Gasteiger partial charge is 0.0351 e. The summed E-state index contributed by atoms with van der Waals surface area (Å²) in [5, 5.41) is 4.02. The molecule has 0 spiro atoms. The number of hydrogen-bond donors (Lipinski definition) is 1. The van der Waals surface area contributed by atoms with Crippen molar-refractivity contribution in [3.05, 3.63) is 35.4 Å². The van der Waals surface area contributed by atoms with Crippen LogP contribution in [0.1, 0.15) is 75.5 Å². The Hall–Kier alpha value is -0.820. The molecule has 1 N–H and O–H groups in total. The quantitative estimate of drug-likeness (QED) is 0.738. The summed E-state index contributed by atoms with van der Waals surface area (Å²) in [5.41, 5.74) is 2.88. The van der Waals surface area contributed by atoms with Crippen molar-refractivity contribution in [3.63, 3.8) is 0 Å². The Kier molecular flexibility index (Phi) is 5.00. The van der Waals surface area contributed by atoms with Crippen molar-refractivity contribution in [2.24, 2.45) is 11.8 Å². The van der Waals surface area contributed by atoms with Crippen LogP contribution in [0.4, 0.5) is 0 Å². The summed E-state index contributed by atoms with van der Waals surface area (Å²) in [7, 11) is 0. The topological polar surface area (TPSA) is 12.0 Å². The first-order valence-electron chi connectivity index (χ1n) is 9.09. The highest BCUT2D eigenvalue weighted by atomic mass is 15.0. The van der Waals surface area contributed by atoms with Crippen molar-refractivity contribution < 1.29 is 0 Å². The van der Waals surface area contributed by atoms with Gasteiger partial charge >= 0.3 is 0 Å². The van der Waals surface area contributed by atoms with Crippen molar-refractivity contribution in [1.29, 1.82) is 0 Å². The van der Waals surface area contributed by atoms with E-state index in [4.69, 9.17) is 0 Å². The minimum Gasteiger partial charge on any atom is -0.307 e. The van der Waals surface area contributed by atoms with Crippen LogP contribution in [0, 0.1) is 18.8 Å². The Balaban J connectivity index is 1.58. The van der Waals surface area contributed by atoms with E-state index < -0.39 is 0 Å². The molecule has 0 heterocycles. The monoisotopic (exact) mass is 285 g/mol. The van der Waals surface area contributed by atoms with E-state index in [0.29, 0.717) is 6.04 Å². The Labute approximate surface area is 130 Å². The molecule has 1 aromatic carbocycles. The van der Waals surface area contributed by atoms with Gasteiger partial charge < -0.3 is 5.32 Å². The highest BCUT2D eigenvalue weighted by Crippen LogP contribution is 2.42. The largest absolute Gasteiger partial charge is 0.307 e. The first-order chi connectivity index (χ1) is 10.3. The SMILES string of the molecule is CCCC1CCC(NC(c2ccc(C)cc2)C2CC2)CC1. The number of hydrogen-bond acceptors (Lipinski definition) is 1. The molecule has 21 heavy (non-hydrogen) atoms. The van der Waals surface area contributed by atoms with Gasteiger partial charge in [0.1, 0.15) is 0 Å². The van der Waals surface area contributed by atoms with E-state index in [1.54, 1.807) is 0 Å². The lowest BCUT2D eigenvalue weighted by atomic mass is 9.83. The predicted molar refractivity (Wildman–Crippen MR) is 90.4 cm³/mol. The van der Waals surface area contributed by atoms with E-state index >= 15 is 0 Å². The molecular formula is C20H31N. The maximum absolute atomic E-state index is 4.02. The predicted octanol–water partition coefficient (Wildman–Crippen LogP) is 5.39. The zero-order valence-electron chi connectivity index (χ0n) is 13.8. The molecule has 0 amide bonds. The second kappa shape index (κ2) is 6.96. The molecule has 0 radical (unpaired) electrons. The lowest BCUT2D eigenvalue weighted by molar-refractivity contribution is 0.256. The van der Waals surface area contributed by atoms with Crippen molar-refractivity contribution in [2.75, 3.05) is 0 Å². The van der Waals surface area contributed by atoms with E-state index in [2.05, 4.69) is 43.4 Å². The molecule has 2 saturated carbocycles. The lowest BCUT2D eigenvalue weighted by Crippen LogP contribution is -2.37. The van der Waals surface area contributed by atoms with Gasteiger partial charge in [-0.25, -0.2) is 0 Å². The van der Waals surface area contributed by atoms with Crippen LogP contribution < -0.4 is 5.32 Å². The van der Waals surface area contributed by atoms with E-state index in [1.165, 1.54) is 62.5 Å². The van der Waals surface area contributed by atoms with Gasteiger partial charge in [-0.05, 0) is 62.8 Å². The summed E-state index contributed by atoms with van der Waals surface area (Å²) in [4.78, 5) is 0. The zero-order valence-corrected chi connectivity index (χ0v) is 13.8. The fourth-order valence-electron chi connectivity index (χ4n) is 3.99. The van der Waals surface area contributed by atoms with Crippen LogP contribution in [0.2, 0.25) is 0 Å². The molecule has 2 fully saturated rings. The highest BCUT2D eigenvalue weighted by molar-refractivity contribution is 5.25. The fraction of sp³-hybridized carbons (Fsp3) is 0.700. The summed E-state index contributed by atoms with van der Waals surface area (Å²) in [6.07, 6.45) is 11.3. The molecule has 1 heteroatoms. The molecule has 1 unspecified atom stereocenters. The van der Waals surface area contributed by atoms with E-state index in [-0.39, 0.29) is 0 Å². The third kappa shape index (κ3) is 4.10. The Bertz CT molecular complexity index is 424. The second-order valence-corrected chi connectivity index (χ2v) is 7.40. The summed E-state index contributed by atoms with van der Waals surface area (Å²) in [5.74, 6) is 1.90. The van der Waals surface area contributed by atoms with Crippen LogP contribution in [-0.4, -0.2) is 6.04 Å². The minimum atomic E-state index is 0.610. The van der Waals surface area contributed by atoms with Gasteiger partial charge in [0.05, 0.1) is 0 Å². The van der Waals surface area contributed by atoms with Gasteiger partial charge in [-0.3, -0.25) is 0 Å². The van der Waals surface area contributed by atoms with Crippen LogP contribution in [0.5, 0.6) is 0 Å². The van der Waals surface area contributed by atoms with Crippen LogP contribution in [0.15, 0.2) is 24.3 Å². The molecule has 1 aromatic rings. The molecule has 0 saturated heterocycles. The normalized spacial score (nSPS) is 27.5. The van der Waals surface area contributed by atoms with Crippen molar-refractivity contribution in [3.8, 4) is 0 Å². The number of aryl methyl sites for hydroxylation is 1. The molecule has 1 nitrogen and oxygen atoms in total. The van der Waals surface area contributed by atoms with Gasteiger partial charge in [0.15, 0.2) is 0 Å². The average molecular weight is 285 g/mol. The summed E-state index contributed by atoms with van der Waals surface area (Å²) >= 11 is 0. The molecule has 0 bridgehead atoms. The Morgan fingerprint density at radius 3 is 2.24 bits per heavy atom. The molecule has 3 rings (SSSR count). The molecule has 0 aromatic heterocycles. The van der Waals surface area contributed by atoms with Crippen LogP contribution in [0.25, 0.3) is 0 Å². The zero-order chi connectivity index (χ0) is 14.7. The summed E-state index contributed by atoms with van der Waals surface area (Å²) in [6.45, 7) is 4.50. The first kappa shape index (κ1) is 15.1. The first-order valence-corrected chi connectivity index (χ1v) is 9.09. The van der Waals surface area contributed by atoms with Crippen LogP contribution in [0.3, 0.4) is 0 Å².